The van der Waals surface area contributed by atoms with Crippen molar-refractivity contribution in [3.05, 3.63) is 90.0 Å². The summed E-state index contributed by atoms with van der Waals surface area (Å²) in [5, 5.41) is 15.6. The number of nitrogens with one attached hydrogen (secondary N) is 2. The third-order valence-corrected chi connectivity index (χ3v) is 7.72. The Morgan fingerprint density at radius 2 is 1.82 bits per heavy atom. The Kier molecular flexibility index (Phi) is 5.70. The van der Waals surface area contributed by atoms with Gasteiger partial charge in [-0.2, -0.15) is 18.3 Å². The minimum atomic E-state index is -5.09. The molecular weight excluding hydrogens is 534 g/mol. The Bertz CT molecular complexity index is 1710. The maximum atomic E-state index is 14.7. The first-order chi connectivity index (χ1) is 18.6. The number of carbonyl (C=O) groups is 1. The SMILES string of the molecule is CC(C(=O)NNc1nc2ccccc2s1)n1cc(-c2cc(F)cc3c2-c2ccccc2C3(O)C(F)(F)F)cn1. The number of hydrogen-bond donors (Lipinski definition) is 3. The second kappa shape index (κ2) is 8.89. The molecule has 6 rings (SSSR count). The summed E-state index contributed by atoms with van der Waals surface area (Å²) in [6.45, 7) is 1.58. The summed E-state index contributed by atoms with van der Waals surface area (Å²) in [6, 6.07) is 14.0. The number of hydrogen-bond acceptors (Lipinski definition) is 6. The van der Waals surface area contributed by atoms with Gasteiger partial charge in [0, 0.05) is 22.9 Å². The molecule has 0 aliphatic heterocycles. The summed E-state index contributed by atoms with van der Waals surface area (Å²) in [5.41, 5.74) is 2.40. The van der Waals surface area contributed by atoms with Crippen LogP contribution in [0.15, 0.2) is 73.1 Å². The molecule has 5 aromatic rings. The van der Waals surface area contributed by atoms with Crippen molar-refractivity contribution in [1.29, 1.82) is 0 Å². The van der Waals surface area contributed by atoms with E-state index < -0.39 is 35.1 Å². The van der Waals surface area contributed by atoms with Gasteiger partial charge in [-0.15, -0.1) is 0 Å². The van der Waals surface area contributed by atoms with Crippen LogP contribution in [0.3, 0.4) is 0 Å². The fourth-order valence-electron chi connectivity index (χ4n) is 4.83. The van der Waals surface area contributed by atoms with E-state index in [-0.39, 0.29) is 27.8 Å². The number of thiazole rings is 1. The zero-order valence-electron chi connectivity index (χ0n) is 20.1. The van der Waals surface area contributed by atoms with Crippen molar-refractivity contribution in [2.75, 3.05) is 5.43 Å². The molecule has 0 spiro atoms. The summed E-state index contributed by atoms with van der Waals surface area (Å²) in [4.78, 5) is 17.2. The molecule has 12 heteroatoms. The van der Waals surface area contributed by atoms with Gasteiger partial charge in [-0.25, -0.2) is 9.37 Å². The molecular formula is C27H19F4N5O2S. The summed E-state index contributed by atoms with van der Waals surface area (Å²) in [7, 11) is 0. The Morgan fingerprint density at radius 1 is 1.08 bits per heavy atom. The number of para-hydroxylation sites is 1. The molecule has 2 heterocycles. The van der Waals surface area contributed by atoms with Crippen molar-refractivity contribution in [3.8, 4) is 22.3 Å². The molecule has 39 heavy (non-hydrogen) atoms. The largest absolute Gasteiger partial charge is 0.425 e. The van der Waals surface area contributed by atoms with E-state index in [1.54, 1.807) is 13.0 Å². The summed E-state index contributed by atoms with van der Waals surface area (Å²) >= 11 is 1.36. The average Bonchev–Trinajstić information content (AvgIpc) is 3.62. The number of fused-ring (bicyclic) bond motifs is 4. The standard InChI is InChI=1S/C27H19F4N5O2S/c1-14(24(37)34-35-25-33-21-8-4-5-9-22(21)39-25)36-13-15(12-32-36)18-10-16(28)11-20-23(18)17-6-2-3-7-19(17)26(20,38)27(29,30)31/h2-14,38H,1H3,(H,33,35)(H,34,37). The van der Waals surface area contributed by atoms with Gasteiger partial charge in [-0.3, -0.25) is 20.3 Å². The van der Waals surface area contributed by atoms with Crippen molar-refractivity contribution in [1.82, 2.24) is 20.2 Å². The predicted octanol–water partition coefficient (Wildman–Crippen LogP) is 5.78. The number of anilines is 1. The first-order valence-corrected chi connectivity index (χ1v) is 12.6. The number of aliphatic hydroxyl groups is 1. The molecule has 0 saturated heterocycles. The van der Waals surface area contributed by atoms with E-state index in [4.69, 9.17) is 0 Å². The van der Waals surface area contributed by atoms with E-state index in [9.17, 15) is 27.5 Å². The predicted molar refractivity (Wildman–Crippen MR) is 138 cm³/mol. The maximum absolute atomic E-state index is 14.7. The molecule has 2 aromatic heterocycles. The number of hydrazine groups is 1. The van der Waals surface area contributed by atoms with Crippen LogP contribution >= 0.6 is 11.3 Å². The fourth-order valence-corrected chi connectivity index (χ4v) is 5.65. The zero-order valence-corrected chi connectivity index (χ0v) is 20.9. The molecule has 7 nitrogen and oxygen atoms in total. The van der Waals surface area contributed by atoms with Crippen LogP contribution < -0.4 is 10.9 Å². The number of alkyl halides is 3. The topological polar surface area (TPSA) is 92.1 Å². The van der Waals surface area contributed by atoms with E-state index >= 15 is 0 Å². The molecule has 1 aliphatic carbocycles. The van der Waals surface area contributed by atoms with E-state index in [2.05, 4.69) is 20.9 Å². The number of aromatic nitrogens is 3. The van der Waals surface area contributed by atoms with Gasteiger partial charge in [0.05, 0.1) is 16.4 Å². The highest BCUT2D eigenvalue weighted by Crippen LogP contribution is 2.57. The molecule has 0 radical (unpaired) electrons. The molecule has 3 N–H and O–H groups in total. The summed E-state index contributed by atoms with van der Waals surface area (Å²) in [5.74, 6) is -1.40. The number of nitrogens with zero attached hydrogens (tertiary/aromatic N) is 3. The minimum absolute atomic E-state index is 0.0565. The molecule has 0 fully saturated rings. The van der Waals surface area contributed by atoms with E-state index in [1.807, 2.05) is 24.3 Å². The van der Waals surface area contributed by atoms with Crippen LogP contribution in [-0.2, 0) is 10.4 Å². The van der Waals surface area contributed by atoms with Gasteiger partial charge in [0.15, 0.2) is 0 Å². The Balaban J connectivity index is 1.31. The van der Waals surface area contributed by atoms with Crippen molar-refractivity contribution < 1.29 is 27.5 Å². The zero-order chi connectivity index (χ0) is 27.5. The second-order valence-electron chi connectivity index (χ2n) is 9.12. The normalized spacial score (nSPS) is 17.1. The van der Waals surface area contributed by atoms with Gasteiger partial charge in [0.25, 0.3) is 5.91 Å². The van der Waals surface area contributed by atoms with Gasteiger partial charge >= 0.3 is 6.18 Å². The monoisotopic (exact) mass is 553 g/mol. The highest BCUT2D eigenvalue weighted by molar-refractivity contribution is 7.22. The molecule has 2 atom stereocenters. The highest BCUT2D eigenvalue weighted by Gasteiger charge is 2.61. The summed E-state index contributed by atoms with van der Waals surface area (Å²) in [6.07, 6.45) is -2.30. The number of carbonyl (C=O) groups excluding carboxylic acids is 1. The molecule has 198 valence electrons. The van der Waals surface area contributed by atoms with Crippen LogP contribution in [-0.4, -0.2) is 32.0 Å². The van der Waals surface area contributed by atoms with E-state index in [1.165, 1.54) is 46.6 Å². The number of rotatable bonds is 5. The molecule has 2 unspecified atom stereocenters. The van der Waals surface area contributed by atoms with Gasteiger partial charge < -0.3 is 5.11 Å². The van der Waals surface area contributed by atoms with Crippen molar-refractivity contribution in [2.24, 2.45) is 0 Å². The minimum Gasteiger partial charge on any atom is -0.372 e. The quantitative estimate of drug-likeness (QED) is 0.190. The van der Waals surface area contributed by atoms with Crippen molar-refractivity contribution in [3.63, 3.8) is 0 Å². The van der Waals surface area contributed by atoms with Crippen LogP contribution in [0, 0.1) is 5.82 Å². The molecule has 0 saturated carbocycles. The lowest BCUT2D eigenvalue weighted by Crippen LogP contribution is -2.41. The van der Waals surface area contributed by atoms with Crippen LogP contribution in [0.1, 0.15) is 24.1 Å². The highest BCUT2D eigenvalue weighted by atomic mass is 32.1. The number of amides is 1. The fraction of sp³-hybridized carbons (Fsp3) is 0.148. The Hall–Kier alpha value is -4.29. The first-order valence-electron chi connectivity index (χ1n) is 11.8. The first kappa shape index (κ1) is 25.0. The van der Waals surface area contributed by atoms with E-state index in [0.717, 1.165) is 16.3 Å². The Labute approximate surface area is 222 Å². The van der Waals surface area contributed by atoms with Gasteiger partial charge in [0.2, 0.25) is 10.7 Å². The third-order valence-electron chi connectivity index (χ3n) is 6.76. The molecule has 0 bridgehead atoms. The smallest absolute Gasteiger partial charge is 0.372 e. The molecule has 1 amide bonds. The van der Waals surface area contributed by atoms with Crippen LogP contribution in [0.2, 0.25) is 0 Å². The lowest BCUT2D eigenvalue weighted by Gasteiger charge is -2.28. The van der Waals surface area contributed by atoms with Gasteiger partial charge in [0.1, 0.15) is 11.9 Å². The van der Waals surface area contributed by atoms with Crippen LogP contribution in [0.4, 0.5) is 22.7 Å². The second-order valence-corrected chi connectivity index (χ2v) is 10.1. The van der Waals surface area contributed by atoms with Gasteiger partial charge in [-0.05, 0) is 47.9 Å². The maximum Gasteiger partial charge on any atom is 0.425 e. The molecule has 3 aromatic carbocycles. The average molecular weight is 554 g/mol. The van der Waals surface area contributed by atoms with Crippen molar-refractivity contribution in [2.45, 2.75) is 24.7 Å². The Morgan fingerprint density at radius 3 is 2.59 bits per heavy atom. The third kappa shape index (κ3) is 3.94. The van der Waals surface area contributed by atoms with Gasteiger partial charge in [-0.1, -0.05) is 47.7 Å². The van der Waals surface area contributed by atoms with Crippen molar-refractivity contribution >= 4 is 32.6 Å². The van der Waals surface area contributed by atoms with Crippen LogP contribution in [0.5, 0.6) is 0 Å². The lowest BCUT2D eigenvalue weighted by molar-refractivity contribution is -0.246. The van der Waals surface area contributed by atoms with E-state index in [0.29, 0.717) is 11.2 Å². The van der Waals surface area contributed by atoms with Crippen LogP contribution in [0.25, 0.3) is 32.5 Å². The summed E-state index contributed by atoms with van der Waals surface area (Å²) < 4.78 is 59.5. The number of benzene rings is 3. The number of halogens is 4. The lowest BCUT2D eigenvalue weighted by atomic mass is 9.89. The molecule has 1 aliphatic rings.